The van der Waals surface area contributed by atoms with Crippen LogP contribution in [0.25, 0.3) is 0 Å². The van der Waals surface area contributed by atoms with Crippen molar-refractivity contribution < 1.29 is 32.2 Å². The van der Waals surface area contributed by atoms with Crippen LogP contribution in [0, 0.1) is 0 Å². The topological polar surface area (TPSA) is 99.2 Å². The predicted molar refractivity (Wildman–Crippen MR) is 111 cm³/mol. The molecule has 2 heterocycles. The smallest absolute Gasteiger partial charge is 0.338 e. The molecule has 1 saturated heterocycles. The molecule has 1 fully saturated rings. The maximum absolute atomic E-state index is 12.7. The number of carbonyl (C=O) groups excluding carboxylic acids is 2. The first-order valence-electron chi connectivity index (χ1n) is 10.2. The lowest BCUT2D eigenvalue weighted by Crippen LogP contribution is -2.35. The van der Waals surface area contributed by atoms with Crippen LogP contribution < -0.4 is 9.47 Å². The van der Waals surface area contributed by atoms with E-state index in [2.05, 4.69) is 0 Å². The van der Waals surface area contributed by atoms with Gasteiger partial charge in [-0.05, 0) is 55.3 Å². The van der Waals surface area contributed by atoms with E-state index in [1.54, 1.807) is 18.2 Å². The second kappa shape index (κ2) is 9.07. The molecule has 0 saturated carbocycles. The highest BCUT2D eigenvalue weighted by Crippen LogP contribution is 2.31. The summed E-state index contributed by atoms with van der Waals surface area (Å²) in [5.41, 5.74) is 0.521. The van der Waals surface area contributed by atoms with Crippen molar-refractivity contribution in [1.82, 2.24) is 4.31 Å². The number of sulfonamides is 1. The molecule has 0 spiro atoms. The second-order valence-electron chi connectivity index (χ2n) is 7.35. The summed E-state index contributed by atoms with van der Waals surface area (Å²) >= 11 is 0. The van der Waals surface area contributed by atoms with Crippen LogP contribution in [0.15, 0.2) is 47.4 Å². The van der Waals surface area contributed by atoms with Crippen molar-refractivity contribution in [2.45, 2.75) is 24.2 Å². The average molecular weight is 445 g/mol. The average Bonchev–Trinajstić information content (AvgIpc) is 2.82. The first-order chi connectivity index (χ1) is 14.9. The number of benzene rings is 2. The lowest BCUT2D eigenvalue weighted by atomic mass is 10.1. The Morgan fingerprint density at radius 2 is 1.52 bits per heavy atom. The Hall–Kier alpha value is -2.91. The van der Waals surface area contributed by atoms with Crippen molar-refractivity contribution >= 4 is 21.8 Å². The van der Waals surface area contributed by atoms with Gasteiger partial charge in [0.25, 0.3) is 0 Å². The van der Waals surface area contributed by atoms with Crippen LogP contribution in [0.5, 0.6) is 11.5 Å². The van der Waals surface area contributed by atoms with E-state index in [4.69, 9.17) is 14.2 Å². The summed E-state index contributed by atoms with van der Waals surface area (Å²) in [4.78, 5) is 24.8. The zero-order valence-corrected chi connectivity index (χ0v) is 17.7. The van der Waals surface area contributed by atoms with Gasteiger partial charge in [-0.3, -0.25) is 4.79 Å². The third kappa shape index (κ3) is 4.72. The predicted octanol–water partition coefficient (Wildman–Crippen LogP) is 2.67. The van der Waals surface area contributed by atoms with E-state index in [0.29, 0.717) is 43.4 Å². The van der Waals surface area contributed by atoms with Gasteiger partial charge in [0, 0.05) is 18.7 Å². The first-order valence-corrected chi connectivity index (χ1v) is 11.6. The van der Waals surface area contributed by atoms with Crippen molar-refractivity contribution in [2.75, 3.05) is 32.9 Å². The summed E-state index contributed by atoms with van der Waals surface area (Å²) in [5, 5.41) is 0. The molecule has 0 N–H and O–H groups in total. The minimum atomic E-state index is -3.57. The maximum Gasteiger partial charge on any atom is 0.338 e. The number of hydrogen-bond donors (Lipinski definition) is 0. The van der Waals surface area contributed by atoms with Crippen LogP contribution in [0.3, 0.4) is 0 Å². The third-order valence-electron chi connectivity index (χ3n) is 5.24. The third-order valence-corrected chi connectivity index (χ3v) is 7.15. The van der Waals surface area contributed by atoms with Gasteiger partial charge in [0.1, 0.15) is 13.2 Å². The lowest BCUT2D eigenvalue weighted by molar-refractivity contribution is 0.0474. The first kappa shape index (κ1) is 21.3. The summed E-state index contributed by atoms with van der Waals surface area (Å²) in [5.74, 6) is -0.0317. The highest BCUT2D eigenvalue weighted by Gasteiger charge is 2.26. The van der Waals surface area contributed by atoms with E-state index in [0.717, 1.165) is 19.3 Å². The highest BCUT2D eigenvalue weighted by atomic mass is 32.2. The monoisotopic (exact) mass is 445 g/mol. The largest absolute Gasteiger partial charge is 0.486 e. The van der Waals surface area contributed by atoms with E-state index < -0.39 is 22.6 Å². The number of rotatable bonds is 6. The molecule has 9 heteroatoms. The van der Waals surface area contributed by atoms with Crippen molar-refractivity contribution in [3.63, 3.8) is 0 Å². The molecule has 164 valence electrons. The van der Waals surface area contributed by atoms with E-state index in [1.165, 1.54) is 28.6 Å². The van der Waals surface area contributed by atoms with Crippen LogP contribution in [0.1, 0.15) is 40.0 Å². The number of carbonyl (C=O) groups is 2. The van der Waals surface area contributed by atoms with Gasteiger partial charge in [-0.15, -0.1) is 0 Å². The van der Waals surface area contributed by atoms with Gasteiger partial charge >= 0.3 is 5.97 Å². The number of ketones is 1. The van der Waals surface area contributed by atoms with Gasteiger partial charge in [0.05, 0.1) is 10.5 Å². The second-order valence-corrected chi connectivity index (χ2v) is 9.28. The molecule has 0 atom stereocenters. The molecular formula is C22H23NO7S. The molecule has 0 amide bonds. The number of nitrogens with zero attached hydrogens (tertiary/aromatic N) is 1. The molecule has 2 aromatic rings. The van der Waals surface area contributed by atoms with Crippen LogP contribution in [-0.4, -0.2) is 57.4 Å². The van der Waals surface area contributed by atoms with Gasteiger partial charge in [-0.2, -0.15) is 4.31 Å². The molecule has 0 unspecified atom stereocenters. The molecule has 0 aliphatic carbocycles. The van der Waals surface area contributed by atoms with Gasteiger partial charge in [-0.1, -0.05) is 6.42 Å². The van der Waals surface area contributed by atoms with Crippen LogP contribution in [0.4, 0.5) is 0 Å². The molecule has 0 radical (unpaired) electrons. The number of Topliss-reactive ketones (excluding diaryl/α,β-unsaturated/α-hetero) is 1. The number of piperidine rings is 1. The molecular weight excluding hydrogens is 422 g/mol. The molecule has 4 rings (SSSR count). The highest BCUT2D eigenvalue weighted by molar-refractivity contribution is 7.89. The number of esters is 1. The van der Waals surface area contributed by atoms with Crippen molar-refractivity contribution in [2.24, 2.45) is 0 Å². The molecule has 0 bridgehead atoms. The molecule has 2 aliphatic rings. The van der Waals surface area contributed by atoms with Gasteiger partial charge in [-0.25, -0.2) is 13.2 Å². The van der Waals surface area contributed by atoms with E-state index in [1.807, 2.05) is 0 Å². The maximum atomic E-state index is 12.7. The van der Waals surface area contributed by atoms with Crippen molar-refractivity contribution in [3.8, 4) is 11.5 Å². The molecule has 2 aliphatic heterocycles. The zero-order valence-electron chi connectivity index (χ0n) is 16.9. The van der Waals surface area contributed by atoms with E-state index in [9.17, 15) is 18.0 Å². The summed E-state index contributed by atoms with van der Waals surface area (Å²) in [6.45, 7) is 1.44. The SMILES string of the molecule is O=C(COC(=O)c1ccc(S(=O)(=O)N2CCCCC2)cc1)c1ccc2c(c1)OCCO2. The fraction of sp³-hybridized carbons (Fsp3) is 0.364. The standard InChI is InChI=1S/C22H23NO7S/c24-19(17-6-9-20-21(14-17)29-13-12-28-20)15-30-22(25)16-4-7-18(8-5-16)31(26,27)23-10-2-1-3-11-23/h4-9,14H,1-3,10-13,15H2. The van der Waals surface area contributed by atoms with Crippen LogP contribution >= 0.6 is 0 Å². The Kier molecular flexibility index (Phi) is 6.24. The van der Waals surface area contributed by atoms with Gasteiger partial charge < -0.3 is 14.2 Å². The fourth-order valence-electron chi connectivity index (χ4n) is 3.53. The van der Waals surface area contributed by atoms with Crippen LogP contribution in [0.2, 0.25) is 0 Å². The zero-order chi connectivity index (χ0) is 21.8. The quantitative estimate of drug-likeness (QED) is 0.498. The minimum Gasteiger partial charge on any atom is -0.486 e. The Morgan fingerprint density at radius 1 is 0.871 bits per heavy atom. The summed E-state index contributed by atoms with van der Waals surface area (Å²) < 4.78 is 42.8. The summed E-state index contributed by atoms with van der Waals surface area (Å²) in [6, 6.07) is 10.4. The summed E-state index contributed by atoms with van der Waals surface area (Å²) in [7, 11) is -3.57. The fourth-order valence-corrected chi connectivity index (χ4v) is 5.05. The van der Waals surface area contributed by atoms with Crippen molar-refractivity contribution in [3.05, 3.63) is 53.6 Å². The van der Waals surface area contributed by atoms with Gasteiger partial charge in [0.2, 0.25) is 10.0 Å². The van der Waals surface area contributed by atoms with Crippen molar-refractivity contribution in [1.29, 1.82) is 0 Å². The Bertz CT molecular complexity index is 1070. The number of hydrogen-bond acceptors (Lipinski definition) is 7. The normalized spacial score (nSPS) is 16.5. The summed E-state index contributed by atoms with van der Waals surface area (Å²) in [6.07, 6.45) is 2.73. The van der Waals surface area contributed by atoms with Gasteiger partial charge in [0.15, 0.2) is 23.9 Å². The number of ether oxygens (including phenoxy) is 3. The Labute approximate surface area is 180 Å². The molecule has 31 heavy (non-hydrogen) atoms. The minimum absolute atomic E-state index is 0.137. The Morgan fingerprint density at radius 3 is 2.23 bits per heavy atom. The molecule has 8 nitrogen and oxygen atoms in total. The molecule has 2 aromatic carbocycles. The molecule has 0 aromatic heterocycles. The van der Waals surface area contributed by atoms with E-state index >= 15 is 0 Å². The van der Waals surface area contributed by atoms with E-state index in [-0.39, 0.29) is 16.2 Å². The number of fused-ring (bicyclic) bond motifs is 1. The van der Waals surface area contributed by atoms with Crippen LogP contribution in [-0.2, 0) is 14.8 Å². The lowest BCUT2D eigenvalue weighted by Gasteiger charge is -2.25. The Balaban J connectivity index is 1.37.